The summed E-state index contributed by atoms with van der Waals surface area (Å²) in [5.41, 5.74) is 3.82. The van der Waals surface area contributed by atoms with Crippen LogP contribution in [0.25, 0.3) is 0 Å². The Bertz CT molecular complexity index is 340. The molecule has 74 valence electrons. The van der Waals surface area contributed by atoms with E-state index in [1.807, 2.05) is 0 Å². The molecule has 1 heteroatoms. The fourth-order valence-electron chi connectivity index (χ4n) is 2.48. The van der Waals surface area contributed by atoms with E-state index in [2.05, 4.69) is 32.1 Å². The first-order valence-electron chi connectivity index (χ1n) is 5.22. The third kappa shape index (κ3) is 1.47. The Morgan fingerprint density at radius 2 is 2.29 bits per heavy atom. The van der Waals surface area contributed by atoms with Crippen LogP contribution in [0.4, 0.5) is 0 Å². The number of hydrogen-bond acceptors (Lipinski definition) is 1. The van der Waals surface area contributed by atoms with E-state index >= 15 is 0 Å². The van der Waals surface area contributed by atoms with E-state index in [4.69, 9.17) is 0 Å². The number of carbonyl (C=O) groups is 1. The highest BCUT2D eigenvalue weighted by Crippen LogP contribution is 2.41. The topological polar surface area (TPSA) is 17.1 Å². The molecule has 0 saturated heterocycles. The normalized spacial score (nSPS) is 29.9. The van der Waals surface area contributed by atoms with Crippen molar-refractivity contribution in [3.63, 3.8) is 0 Å². The summed E-state index contributed by atoms with van der Waals surface area (Å²) in [4.78, 5) is 10.7. The van der Waals surface area contributed by atoms with Crippen molar-refractivity contribution in [1.82, 2.24) is 0 Å². The summed E-state index contributed by atoms with van der Waals surface area (Å²) in [6.45, 7) is 4.31. The van der Waals surface area contributed by atoms with Gasteiger partial charge >= 0.3 is 0 Å². The number of rotatable bonds is 1. The second-order valence-electron chi connectivity index (χ2n) is 4.42. The number of carbonyl (C=O) groups excluding carboxylic acids is 1. The van der Waals surface area contributed by atoms with Crippen molar-refractivity contribution in [2.24, 2.45) is 11.8 Å². The van der Waals surface area contributed by atoms with Gasteiger partial charge in [-0.3, -0.25) is 4.79 Å². The van der Waals surface area contributed by atoms with E-state index in [1.54, 1.807) is 0 Å². The van der Waals surface area contributed by atoms with Gasteiger partial charge in [0, 0.05) is 0 Å². The van der Waals surface area contributed by atoms with Crippen LogP contribution in [0.2, 0.25) is 0 Å². The van der Waals surface area contributed by atoms with Crippen molar-refractivity contribution in [1.29, 1.82) is 0 Å². The van der Waals surface area contributed by atoms with Crippen molar-refractivity contribution in [3.05, 3.63) is 34.9 Å². The highest BCUT2D eigenvalue weighted by Gasteiger charge is 2.30. The fraction of sp³-hybridized carbons (Fsp3) is 0.462. The van der Waals surface area contributed by atoms with Gasteiger partial charge in [0.25, 0.3) is 0 Å². The van der Waals surface area contributed by atoms with E-state index < -0.39 is 0 Å². The molecule has 2 aliphatic carbocycles. The van der Waals surface area contributed by atoms with Gasteiger partial charge in [0.15, 0.2) is 0 Å². The van der Waals surface area contributed by atoms with Gasteiger partial charge in [-0.05, 0) is 49.7 Å². The molecular weight excluding hydrogens is 172 g/mol. The molecule has 0 N–H and O–H groups in total. The summed E-state index contributed by atoms with van der Waals surface area (Å²) in [7, 11) is 0. The van der Waals surface area contributed by atoms with Crippen molar-refractivity contribution in [3.8, 4) is 0 Å². The van der Waals surface area contributed by atoms with Gasteiger partial charge in [-0.25, -0.2) is 0 Å². The van der Waals surface area contributed by atoms with Gasteiger partial charge in [0.05, 0.1) is 0 Å². The quantitative estimate of drug-likeness (QED) is 0.578. The van der Waals surface area contributed by atoms with Crippen LogP contribution in [0.5, 0.6) is 0 Å². The Balaban J connectivity index is 2.27. The van der Waals surface area contributed by atoms with Crippen molar-refractivity contribution in [2.75, 3.05) is 0 Å². The SMILES string of the molecule is CC(C)=C1C=C[C@H]2CC=C(C=O)C[C@@H]12. The molecule has 2 aliphatic rings. The Hall–Kier alpha value is -1.11. The number of fused-ring (bicyclic) bond motifs is 1. The Morgan fingerprint density at radius 1 is 1.50 bits per heavy atom. The van der Waals surface area contributed by atoms with Gasteiger partial charge < -0.3 is 0 Å². The highest BCUT2D eigenvalue weighted by molar-refractivity contribution is 5.73. The van der Waals surface area contributed by atoms with Crippen molar-refractivity contribution < 1.29 is 4.79 Å². The van der Waals surface area contributed by atoms with Gasteiger partial charge in [-0.1, -0.05) is 23.8 Å². The molecule has 0 saturated carbocycles. The molecule has 0 spiro atoms. The molecule has 0 amide bonds. The summed E-state index contributed by atoms with van der Waals surface area (Å²) in [6.07, 6.45) is 9.61. The van der Waals surface area contributed by atoms with Crippen LogP contribution in [0, 0.1) is 11.8 Å². The maximum absolute atomic E-state index is 10.7. The maximum atomic E-state index is 10.7. The van der Waals surface area contributed by atoms with Crippen LogP contribution in [-0.4, -0.2) is 6.29 Å². The summed E-state index contributed by atoms with van der Waals surface area (Å²) >= 11 is 0. The minimum Gasteiger partial charge on any atom is -0.298 e. The van der Waals surface area contributed by atoms with Crippen molar-refractivity contribution >= 4 is 6.29 Å². The van der Waals surface area contributed by atoms with Gasteiger partial charge in [0.2, 0.25) is 0 Å². The molecule has 0 radical (unpaired) electrons. The largest absolute Gasteiger partial charge is 0.298 e. The van der Waals surface area contributed by atoms with Gasteiger partial charge in [-0.15, -0.1) is 0 Å². The van der Waals surface area contributed by atoms with E-state index in [-0.39, 0.29) is 0 Å². The summed E-state index contributed by atoms with van der Waals surface area (Å²) in [6, 6.07) is 0. The number of aldehydes is 1. The van der Waals surface area contributed by atoms with E-state index in [0.717, 1.165) is 24.7 Å². The second kappa shape index (κ2) is 3.56. The lowest BCUT2D eigenvalue weighted by molar-refractivity contribution is -0.105. The first-order valence-corrected chi connectivity index (χ1v) is 5.22. The Labute approximate surface area is 85.2 Å². The Kier molecular flexibility index (Phi) is 2.40. The van der Waals surface area contributed by atoms with Crippen LogP contribution in [0.15, 0.2) is 34.9 Å². The lowest BCUT2D eigenvalue weighted by Crippen LogP contribution is -2.15. The summed E-state index contributed by atoms with van der Waals surface area (Å²) in [5.74, 6) is 1.22. The number of allylic oxidation sites excluding steroid dienone is 6. The van der Waals surface area contributed by atoms with Crippen molar-refractivity contribution in [2.45, 2.75) is 26.7 Å². The molecule has 0 bridgehead atoms. The highest BCUT2D eigenvalue weighted by atomic mass is 16.1. The molecule has 0 aromatic rings. The van der Waals surface area contributed by atoms with Crippen LogP contribution in [-0.2, 0) is 4.79 Å². The predicted octanol–water partition coefficient (Wildman–Crippen LogP) is 3.04. The van der Waals surface area contributed by atoms with E-state index in [9.17, 15) is 4.79 Å². The zero-order valence-electron chi connectivity index (χ0n) is 8.79. The van der Waals surface area contributed by atoms with Gasteiger partial charge in [-0.2, -0.15) is 0 Å². The van der Waals surface area contributed by atoms with Crippen LogP contribution >= 0.6 is 0 Å². The zero-order chi connectivity index (χ0) is 10.1. The monoisotopic (exact) mass is 188 g/mol. The van der Waals surface area contributed by atoms with Crippen LogP contribution < -0.4 is 0 Å². The lowest BCUT2D eigenvalue weighted by atomic mass is 9.79. The van der Waals surface area contributed by atoms with Gasteiger partial charge in [0.1, 0.15) is 6.29 Å². The molecule has 0 aliphatic heterocycles. The first kappa shape index (κ1) is 9.45. The minimum atomic E-state index is 0.574. The molecule has 0 heterocycles. The molecule has 0 aromatic carbocycles. The first-order chi connectivity index (χ1) is 6.72. The molecule has 0 fully saturated rings. The number of hydrogen-bond donors (Lipinski definition) is 0. The molecule has 1 nitrogen and oxygen atoms in total. The predicted molar refractivity (Wildman–Crippen MR) is 57.9 cm³/mol. The molecule has 2 atom stereocenters. The third-order valence-electron chi connectivity index (χ3n) is 3.28. The van der Waals surface area contributed by atoms with E-state index in [0.29, 0.717) is 11.8 Å². The Morgan fingerprint density at radius 3 is 2.93 bits per heavy atom. The maximum Gasteiger partial charge on any atom is 0.145 e. The molecular formula is C13H16O. The molecule has 2 rings (SSSR count). The second-order valence-corrected chi connectivity index (χ2v) is 4.42. The zero-order valence-corrected chi connectivity index (χ0v) is 8.79. The average Bonchev–Trinajstić information content (AvgIpc) is 2.59. The van der Waals surface area contributed by atoms with Crippen LogP contribution in [0.1, 0.15) is 26.7 Å². The lowest BCUT2D eigenvalue weighted by Gasteiger charge is -2.25. The smallest absolute Gasteiger partial charge is 0.145 e. The summed E-state index contributed by atoms with van der Waals surface area (Å²) < 4.78 is 0. The molecule has 0 aromatic heterocycles. The van der Waals surface area contributed by atoms with Crippen LogP contribution in [0.3, 0.4) is 0 Å². The molecule has 14 heavy (non-hydrogen) atoms. The van der Waals surface area contributed by atoms with E-state index in [1.165, 1.54) is 11.1 Å². The fourth-order valence-corrected chi connectivity index (χ4v) is 2.48. The average molecular weight is 188 g/mol. The third-order valence-corrected chi connectivity index (χ3v) is 3.28. The minimum absolute atomic E-state index is 0.574. The molecule has 0 unspecified atom stereocenters. The standard InChI is InChI=1S/C13H16O/c1-9(2)12-6-5-11-4-3-10(8-14)7-13(11)12/h3,5-6,8,11,13H,4,7H2,1-2H3/t11-,13-/m1/s1. The summed E-state index contributed by atoms with van der Waals surface area (Å²) in [5, 5.41) is 0.